The number of halogens is 1. The van der Waals surface area contributed by atoms with Crippen molar-refractivity contribution < 1.29 is 18.7 Å². The number of carbonyl (C=O) groups excluding carboxylic acids is 2. The van der Waals surface area contributed by atoms with Crippen LogP contribution in [0.3, 0.4) is 0 Å². The van der Waals surface area contributed by atoms with Crippen LogP contribution in [0.25, 0.3) is 22.3 Å². The van der Waals surface area contributed by atoms with Crippen LogP contribution in [0.1, 0.15) is 83.7 Å². The number of likely N-dealkylation sites (tertiary alicyclic amines) is 2. The van der Waals surface area contributed by atoms with Crippen molar-refractivity contribution in [2.75, 3.05) is 49.6 Å². The van der Waals surface area contributed by atoms with Crippen molar-refractivity contribution in [2.45, 2.75) is 95.7 Å². The first-order valence-corrected chi connectivity index (χ1v) is 19.6. The van der Waals surface area contributed by atoms with Crippen LogP contribution in [0, 0.1) is 11.2 Å². The number of aromatic nitrogens is 4. The number of hydrogen-bond donors (Lipinski definition) is 1. The molecule has 0 radical (unpaired) electrons. The smallest absolute Gasteiger partial charge is 0.238 e. The van der Waals surface area contributed by atoms with Crippen molar-refractivity contribution in [1.82, 2.24) is 29.3 Å². The van der Waals surface area contributed by atoms with Crippen molar-refractivity contribution in [3.05, 3.63) is 60.4 Å². The van der Waals surface area contributed by atoms with Gasteiger partial charge in [-0.1, -0.05) is 25.5 Å². The van der Waals surface area contributed by atoms with Gasteiger partial charge in [0.25, 0.3) is 0 Å². The standard InChI is InChI=1S/C41H49FN8O3/c1-4-40(23-53-24-40)38(51)48-16-11-41(12-17-48)30-9-8-27(18-35(30)50(39(41)52)29-19-28(20-29)47-14-6-5-7-15-47)33-21-34-36(49(25-44-34)26(2)3)37(46-33)45-32-10-13-43-22-31(32)42/h8-10,13,18,21-22,25-26,28-29H,4-7,11-12,14-17,19-20,23-24H2,1-3H3,(H,43,45,46). The highest BCUT2D eigenvalue weighted by Crippen LogP contribution is 2.52. The predicted molar refractivity (Wildman–Crippen MR) is 202 cm³/mol. The van der Waals surface area contributed by atoms with E-state index in [1.807, 2.05) is 15.5 Å². The van der Waals surface area contributed by atoms with Gasteiger partial charge < -0.3 is 29.3 Å². The first kappa shape index (κ1) is 34.4. The molecule has 9 rings (SSSR count). The Hall–Kier alpha value is -4.42. The quantitative estimate of drug-likeness (QED) is 0.217. The Labute approximate surface area is 309 Å². The molecule has 0 atom stereocenters. The zero-order valence-electron chi connectivity index (χ0n) is 31.0. The lowest BCUT2D eigenvalue weighted by atomic mass is 9.72. The minimum Gasteiger partial charge on any atom is -0.379 e. The second-order valence-corrected chi connectivity index (χ2v) is 16.2. The molecule has 2 amide bonds. The summed E-state index contributed by atoms with van der Waals surface area (Å²) < 4.78 is 22.4. The van der Waals surface area contributed by atoms with Gasteiger partial charge in [-0.2, -0.15) is 0 Å². The van der Waals surface area contributed by atoms with Crippen LogP contribution in [-0.2, 0) is 19.7 Å². The van der Waals surface area contributed by atoms with Gasteiger partial charge in [0.15, 0.2) is 11.6 Å². The fourth-order valence-electron chi connectivity index (χ4n) is 9.49. The van der Waals surface area contributed by atoms with E-state index in [1.165, 1.54) is 25.5 Å². The molecule has 53 heavy (non-hydrogen) atoms. The first-order valence-electron chi connectivity index (χ1n) is 19.6. The number of rotatable bonds is 8. The molecule has 0 unspecified atom stereocenters. The molecule has 1 aliphatic carbocycles. The van der Waals surface area contributed by atoms with Crippen molar-refractivity contribution in [2.24, 2.45) is 5.41 Å². The molecular weight excluding hydrogens is 672 g/mol. The molecule has 5 aliphatic rings. The topological polar surface area (TPSA) is 109 Å². The maximum Gasteiger partial charge on any atom is 0.238 e. The summed E-state index contributed by atoms with van der Waals surface area (Å²) in [6.45, 7) is 10.6. The number of hydrogen-bond acceptors (Lipinski definition) is 8. The van der Waals surface area contributed by atoms with E-state index in [2.05, 4.69) is 59.1 Å². The van der Waals surface area contributed by atoms with E-state index in [0.29, 0.717) is 56.7 Å². The number of piperidine rings is 2. The number of nitrogens with one attached hydrogen (secondary N) is 1. The van der Waals surface area contributed by atoms with Crippen LogP contribution in [0.4, 0.5) is 21.6 Å². The maximum absolute atomic E-state index is 14.9. The Morgan fingerprint density at radius 1 is 1.04 bits per heavy atom. The number of benzene rings is 1. The molecule has 4 aliphatic heterocycles. The van der Waals surface area contributed by atoms with E-state index >= 15 is 0 Å². The molecule has 1 spiro atoms. The third-order valence-electron chi connectivity index (χ3n) is 13.0. The normalized spacial score (nSPS) is 23.7. The Morgan fingerprint density at radius 3 is 2.49 bits per heavy atom. The maximum atomic E-state index is 14.9. The van der Waals surface area contributed by atoms with Gasteiger partial charge in [-0.25, -0.2) is 14.4 Å². The summed E-state index contributed by atoms with van der Waals surface area (Å²) in [6, 6.07) is 10.6. The fourth-order valence-corrected chi connectivity index (χ4v) is 9.49. The van der Waals surface area contributed by atoms with Gasteiger partial charge in [0.05, 0.1) is 53.5 Å². The number of carbonyl (C=O) groups is 2. The monoisotopic (exact) mass is 720 g/mol. The van der Waals surface area contributed by atoms with Crippen LogP contribution in [0.2, 0.25) is 0 Å². The number of imidazole rings is 1. The predicted octanol–water partition coefficient (Wildman–Crippen LogP) is 6.61. The molecule has 4 fully saturated rings. The van der Waals surface area contributed by atoms with Gasteiger partial charge in [0.2, 0.25) is 11.8 Å². The van der Waals surface area contributed by atoms with Gasteiger partial charge in [0.1, 0.15) is 5.52 Å². The molecule has 11 nitrogen and oxygen atoms in total. The zero-order chi connectivity index (χ0) is 36.5. The Kier molecular flexibility index (Phi) is 8.53. The van der Waals surface area contributed by atoms with E-state index < -0.39 is 16.6 Å². The molecular formula is C41H49FN8O3. The van der Waals surface area contributed by atoms with E-state index in [1.54, 1.807) is 18.6 Å². The minimum absolute atomic E-state index is 0.110. The summed E-state index contributed by atoms with van der Waals surface area (Å²) in [4.78, 5) is 49.1. The lowest BCUT2D eigenvalue weighted by Gasteiger charge is -2.48. The highest BCUT2D eigenvalue weighted by atomic mass is 19.1. The number of ether oxygens (including phenoxy) is 1. The summed E-state index contributed by atoms with van der Waals surface area (Å²) in [5.41, 5.74) is 4.28. The number of pyridine rings is 2. The Bertz CT molecular complexity index is 2050. The molecule has 0 bridgehead atoms. The van der Waals surface area contributed by atoms with E-state index in [0.717, 1.165) is 60.2 Å². The van der Waals surface area contributed by atoms with Crippen LogP contribution in [-0.4, -0.2) is 92.6 Å². The SMILES string of the molecule is CCC1(C(=O)N2CCC3(CC2)C(=O)N(C2CC(N4CCCCC4)C2)c2cc(-c4cc5ncn(C(C)C)c5c(Nc5ccncc5F)n4)ccc23)COC1. The lowest BCUT2D eigenvalue weighted by molar-refractivity contribution is -0.175. The second kappa shape index (κ2) is 13.2. The number of amides is 2. The van der Waals surface area contributed by atoms with Crippen molar-refractivity contribution >= 4 is 40.0 Å². The largest absolute Gasteiger partial charge is 0.379 e. The van der Waals surface area contributed by atoms with Crippen molar-refractivity contribution in [1.29, 1.82) is 0 Å². The molecule has 12 heteroatoms. The lowest BCUT2D eigenvalue weighted by Crippen LogP contribution is -2.60. The third-order valence-corrected chi connectivity index (χ3v) is 13.0. The molecule has 1 aromatic carbocycles. The minimum atomic E-state index is -0.671. The van der Waals surface area contributed by atoms with Crippen LogP contribution < -0.4 is 10.2 Å². The van der Waals surface area contributed by atoms with Gasteiger partial charge in [-0.05, 0) is 95.6 Å². The first-order chi connectivity index (χ1) is 25.7. The van der Waals surface area contributed by atoms with Gasteiger partial charge in [-0.15, -0.1) is 0 Å². The molecule has 3 aromatic heterocycles. The number of anilines is 3. The average molecular weight is 721 g/mol. The molecule has 7 heterocycles. The van der Waals surface area contributed by atoms with Gasteiger partial charge in [-0.3, -0.25) is 14.6 Å². The number of nitrogens with zero attached hydrogens (tertiary/aromatic N) is 7. The Morgan fingerprint density at radius 2 is 1.81 bits per heavy atom. The van der Waals surface area contributed by atoms with E-state index in [9.17, 15) is 14.0 Å². The fraction of sp³-hybridized carbons (Fsp3) is 0.537. The molecule has 1 N–H and O–H groups in total. The van der Waals surface area contributed by atoms with E-state index in [-0.39, 0.29) is 29.6 Å². The van der Waals surface area contributed by atoms with Crippen LogP contribution in [0.15, 0.2) is 49.1 Å². The summed E-state index contributed by atoms with van der Waals surface area (Å²) in [6.07, 6.45) is 12.2. The van der Waals surface area contributed by atoms with Gasteiger partial charge >= 0.3 is 0 Å². The third kappa shape index (κ3) is 5.54. The summed E-state index contributed by atoms with van der Waals surface area (Å²) in [7, 11) is 0. The molecule has 278 valence electrons. The molecule has 4 aromatic rings. The highest BCUT2D eigenvalue weighted by molar-refractivity contribution is 6.09. The zero-order valence-corrected chi connectivity index (χ0v) is 31.0. The second-order valence-electron chi connectivity index (χ2n) is 16.2. The summed E-state index contributed by atoms with van der Waals surface area (Å²) in [5, 5.41) is 3.23. The molecule has 1 saturated carbocycles. The van der Waals surface area contributed by atoms with Crippen LogP contribution in [0.5, 0.6) is 0 Å². The number of fused-ring (bicyclic) bond motifs is 3. The highest BCUT2D eigenvalue weighted by Gasteiger charge is 2.57. The molecule has 3 saturated heterocycles. The Balaban J connectivity index is 1.08. The summed E-state index contributed by atoms with van der Waals surface area (Å²) >= 11 is 0. The van der Waals surface area contributed by atoms with Crippen molar-refractivity contribution in [3.8, 4) is 11.3 Å². The summed E-state index contributed by atoms with van der Waals surface area (Å²) in [5.74, 6) is 0.369. The van der Waals surface area contributed by atoms with Gasteiger partial charge in [0, 0.05) is 48.7 Å². The van der Waals surface area contributed by atoms with Crippen LogP contribution >= 0.6 is 0 Å². The van der Waals surface area contributed by atoms with E-state index in [4.69, 9.17) is 14.7 Å². The van der Waals surface area contributed by atoms with Crippen molar-refractivity contribution in [3.63, 3.8) is 0 Å². The average Bonchev–Trinajstić information content (AvgIpc) is 3.67.